The summed E-state index contributed by atoms with van der Waals surface area (Å²) in [6, 6.07) is 18.7. The normalized spacial score (nSPS) is 18.6. The summed E-state index contributed by atoms with van der Waals surface area (Å²) >= 11 is 9.06. The van der Waals surface area contributed by atoms with Crippen LogP contribution in [0.5, 0.6) is 0 Å². The quantitative estimate of drug-likeness (QED) is 0.349. The van der Waals surface area contributed by atoms with Gasteiger partial charge in [0.25, 0.3) is 0 Å². The van der Waals surface area contributed by atoms with Crippen LogP contribution in [0.2, 0.25) is 5.02 Å². The largest absolute Gasteiger partial charge is 0.384 e. The number of ketones is 1. The lowest BCUT2D eigenvalue weighted by atomic mass is 9.68. The second-order valence-electron chi connectivity index (χ2n) is 10.1. The SMILES string of the molecule is CC1(C)CC(=O)C2=C(C1)N(c1nnc(SCC(=O)Nc3ccccc3)s1)C(N)=C(C#N)C2c1ccccc1Cl. The molecule has 39 heavy (non-hydrogen) atoms. The molecule has 1 amide bonds. The van der Waals surface area contributed by atoms with Gasteiger partial charge in [-0.1, -0.05) is 84.9 Å². The van der Waals surface area contributed by atoms with E-state index >= 15 is 0 Å². The number of thioether (sulfide) groups is 1. The van der Waals surface area contributed by atoms with Gasteiger partial charge in [-0.15, -0.1) is 10.2 Å². The number of nitrogens with one attached hydrogen (secondary N) is 1. The maximum atomic E-state index is 13.6. The van der Waals surface area contributed by atoms with Crippen molar-refractivity contribution in [1.82, 2.24) is 10.2 Å². The number of amides is 1. The van der Waals surface area contributed by atoms with E-state index in [1.165, 1.54) is 23.1 Å². The Morgan fingerprint density at radius 1 is 1.21 bits per heavy atom. The maximum absolute atomic E-state index is 13.6. The Balaban J connectivity index is 1.49. The van der Waals surface area contributed by atoms with Gasteiger partial charge >= 0.3 is 0 Å². The van der Waals surface area contributed by atoms with Crippen LogP contribution in [0.25, 0.3) is 0 Å². The molecule has 198 valence electrons. The third-order valence-electron chi connectivity index (χ3n) is 6.57. The number of carbonyl (C=O) groups excluding carboxylic acids is 2. The van der Waals surface area contributed by atoms with Crippen molar-refractivity contribution in [1.29, 1.82) is 5.26 Å². The van der Waals surface area contributed by atoms with E-state index in [-0.39, 0.29) is 34.3 Å². The summed E-state index contributed by atoms with van der Waals surface area (Å²) in [7, 11) is 0. The lowest BCUT2D eigenvalue weighted by Crippen LogP contribution is -2.42. The number of para-hydroxylation sites is 1. The van der Waals surface area contributed by atoms with Crippen molar-refractivity contribution in [3.63, 3.8) is 0 Å². The van der Waals surface area contributed by atoms with Crippen LogP contribution < -0.4 is 16.0 Å². The minimum atomic E-state index is -0.665. The number of nitrogens with zero attached hydrogens (tertiary/aromatic N) is 4. The first-order valence-corrected chi connectivity index (χ1v) is 14.4. The Labute approximate surface area is 239 Å². The molecule has 3 N–H and O–H groups in total. The lowest BCUT2D eigenvalue weighted by Gasteiger charge is -2.42. The zero-order chi connectivity index (χ0) is 27.7. The molecule has 0 bridgehead atoms. The highest BCUT2D eigenvalue weighted by molar-refractivity contribution is 8.01. The predicted molar refractivity (Wildman–Crippen MR) is 154 cm³/mol. The Morgan fingerprint density at radius 2 is 1.92 bits per heavy atom. The molecule has 2 aliphatic rings. The number of halogens is 1. The van der Waals surface area contributed by atoms with Crippen molar-refractivity contribution in [2.75, 3.05) is 16.0 Å². The molecule has 0 saturated carbocycles. The zero-order valence-corrected chi connectivity index (χ0v) is 23.7. The first-order chi connectivity index (χ1) is 18.7. The summed E-state index contributed by atoms with van der Waals surface area (Å²) in [6.45, 7) is 4.06. The van der Waals surface area contributed by atoms with Crippen molar-refractivity contribution in [3.05, 3.63) is 87.8 Å². The number of allylic oxidation sites excluding steroid dienone is 3. The molecule has 8 nitrogen and oxygen atoms in total. The van der Waals surface area contributed by atoms with Gasteiger partial charge in [0.1, 0.15) is 5.82 Å². The molecule has 0 radical (unpaired) electrons. The number of rotatable bonds is 6. The zero-order valence-electron chi connectivity index (χ0n) is 21.3. The highest BCUT2D eigenvalue weighted by atomic mass is 35.5. The summed E-state index contributed by atoms with van der Waals surface area (Å²) in [6.07, 6.45) is 0.892. The molecule has 0 fully saturated rings. The smallest absolute Gasteiger partial charge is 0.234 e. The summed E-state index contributed by atoms with van der Waals surface area (Å²) < 4.78 is 0.566. The standard InChI is InChI=1S/C28H25ClN6O2S2/c1-28(2)12-20-24(21(36)13-28)23(17-10-6-7-11-19(17)29)18(14-30)25(31)35(20)26-33-34-27(39-26)38-15-22(37)32-16-8-4-3-5-9-16/h3-11,23H,12-13,15,31H2,1-2H3,(H,32,37). The highest BCUT2D eigenvalue weighted by Gasteiger charge is 2.45. The van der Waals surface area contributed by atoms with Crippen LogP contribution in [0.3, 0.4) is 0 Å². The van der Waals surface area contributed by atoms with Gasteiger partial charge in [0, 0.05) is 28.4 Å². The molecule has 1 aliphatic heterocycles. The number of nitrogens with two attached hydrogens (primary N) is 1. The monoisotopic (exact) mass is 576 g/mol. The van der Waals surface area contributed by atoms with Gasteiger partial charge in [-0.05, 0) is 35.6 Å². The third-order valence-corrected chi connectivity index (χ3v) is 8.95. The van der Waals surface area contributed by atoms with Crippen molar-refractivity contribution in [2.24, 2.45) is 11.1 Å². The van der Waals surface area contributed by atoms with Crippen LogP contribution in [0.1, 0.15) is 38.2 Å². The van der Waals surface area contributed by atoms with E-state index in [0.717, 1.165) is 0 Å². The van der Waals surface area contributed by atoms with E-state index < -0.39 is 5.92 Å². The number of aromatic nitrogens is 2. The number of Topliss-reactive ketones (excluding diaryl/α,β-unsaturated/α-hetero) is 1. The van der Waals surface area contributed by atoms with Gasteiger partial charge in [0.2, 0.25) is 11.0 Å². The Bertz CT molecular complexity index is 1560. The van der Waals surface area contributed by atoms with Gasteiger partial charge in [-0.25, -0.2) is 0 Å². The average Bonchev–Trinajstić information content (AvgIpc) is 3.35. The minimum absolute atomic E-state index is 0.0480. The van der Waals surface area contributed by atoms with Crippen LogP contribution in [0.15, 0.2) is 81.6 Å². The van der Waals surface area contributed by atoms with E-state index in [9.17, 15) is 14.9 Å². The number of anilines is 2. The minimum Gasteiger partial charge on any atom is -0.384 e. The summed E-state index contributed by atoms with van der Waals surface area (Å²) in [4.78, 5) is 27.7. The van der Waals surface area contributed by atoms with Crippen molar-refractivity contribution in [3.8, 4) is 6.07 Å². The molecular formula is C28H25ClN6O2S2. The van der Waals surface area contributed by atoms with E-state index in [0.29, 0.717) is 49.9 Å². The third kappa shape index (κ3) is 5.43. The summed E-state index contributed by atoms with van der Waals surface area (Å²) in [5.41, 5.74) is 9.18. The van der Waals surface area contributed by atoms with E-state index in [2.05, 4.69) is 21.6 Å². The second-order valence-corrected chi connectivity index (χ2v) is 12.6. The molecule has 0 saturated heterocycles. The molecule has 1 aromatic heterocycles. The molecular weight excluding hydrogens is 552 g/mol. The van der Waals surface area contributed by atoms with Crippen LogP contribution in [-0.2, 0) is 9.59 Å². The first kappa shape index (κ1) is 26.9. The number of nitriles is 1. The highest BCUT2D eigenvalue weighted by Crippen LogP contribution is 2.51. The van der Waals surface area contributed by atoms with E-state index in [4.69, 9.17) is 17.3 Å². The van der Waals surface area contributed by atoms with Crippen molar-refractivity contribution >= 4 is 57.2 Å². The number of hydrogen-bond acceptors (Lipinski definition) is 9. The molecule has 2 aromatic carbocycles. The Hall–Kier alpha value is -3.65. The molecule has 5 rings (SSSR count). The van der Waals surface area contributed by atoms with Crippen LogP contribution in [0.4, 0.5) is 10.8 Å². The van der Waals surface area contributed by atoms with Crippen LogP contribution in [0, 0.1) is 16.7 Å². The van der Waals surface area contributed by atoms with Crippen molar-refractivity contribution < 1.29 is 9.59 Å². The average molecular weight is 577 g/mol. The van der Waals surface area contributed by atoms with Gasteiger partial charge in [-0.3, -0.25) is 14.5 Å². The Kier molecular flexibility index (Phi) is 7.49. The summed E-state index contributed by atoms with van der Waals surface area (Å²) in [5.74, 6) is -0.539. The number of carbonyl (C=O) groups is 2. The fourth-order valence-electron chi connectivity index (χ4n) is 4.94. The van der Waals surface area contributed by atoms with E-state index in [1.807, 2.05) is 62.4 Å². The molecule has 0 spiro atoms. The second kappa shape index (κ2) is 10.8. The molecule has 2 heterocycles. The topological polar surface area (TPSA) is 125 Å². The fourth-order valence-corrected chi connectivity index (χ4v) is 6.87. The lowest BCUT2D eigenvalue weighted by molar-refractivity contribution is -0.118. The van der Waals surface area contributed by atoms with Gasteiger partial charge in [-0.2, -0.15) is 5.26 Å². The fraction of sp³-hybridized carbons (Fsp3) is 0.250. The number of hydrogen-bond donors (Lipinski definition) is 2. The molecule has 1 aliphatic carbocycles. The maximum Gasteiger partial charge on any atom is 0.234 e. The molecule has 1 unspecified atom stereocenters. The Morgan fingerprint density at radius 3 is 2.64 bits per heavy atom. The molecule has 1 atom stereocenters. The van der Waals surface area contributed by atoms with E-state index in [1.54, 1.807) is 11.0 Å². The van der Waals surface area contributed by atoms with Gasteiger partial charge in [0.05, 0.1) is 23.3 Å². The molecule has 11 heteroatoms. The summed E-state index contributed by atoms with van der Waals surface area (Å²) in [5, 5.41) is 22.6. The molecule has 3 aromatic rings. The number of benzene rings is 2. The van der Waals surface area contributed by atoms with Crippen molar-refractivity contribution in [2.45, 2.75) is 36.9 Å². The first-order valence-electron chi connectivity index (χ1n) is 12.2. The predicted octanol–water partition coefficient (Wildman–Crippen LogP) is 5.86. The van der Waals surface area contributed by atoms with Crippen LogP contribution in [-0.4, -0.2) is 27.6 Å². The van der Waals surface area contributed by atoms with Gasteiger partial charge < -0.3 is 11.1 Å². The van der Waals surface area contributed by atoms with Gasteiger partial charge in [0.15, 0.2) is 10.1 Å². The van der Waals surface area contributed by atoms with Crippen LogP contribution >= 0.6 is 34.7 Å².